The molecule has 1 fully saturated rings. The Morgan fingerprint density at radius 1 is 1.33 bits per heavy atom. The quantitative estimate of drug-likeness (QED) is 0.454. The van der Waals surface area contributed by atoms with E-state index in [9.17, 15) is 19.2 Å². The van der Waals surface area contributed by atoms with E-state index < -0.39 is 41.6 Å². The van der Waals surface area contributed by atoms with E-state index in [0.717, 1.165) is 4.57 Å². The van der Waals surface area contributed by atoms with Crippen molar-refractivity contribution >= 4 is 57.1 Å². The number of nitrogens with one attached hydrogen (secondary N) is 1. The van der Waals surface area contributed by atoms with Gasteiger partial charge in [0.2, 0.25) is 0 Å². The molecule has 0 saturated carbocycles. The van der Waals surface area contributed by atoms with Crippen LogP contribution in [0.4, 0.5) is 0 Å². The zero-order chi connectivity index (χ0) is 20.0. The molecule has 0 aliphatic carbocycles. The summed E-state index contributed by atoms with van der Waals surface area (Å²) in [5.74, 6) is -2.06. The largest absolute Gasteiger partial charge is 0.462 e. The molecule has 12 heteroatoms. The number of rotatable bonds is 7. The van der Waals surface area contributed by atoms with Crippen molar-refractivity contribution in [1.29, 1.82) is 0 Å². The Labute approximate surface area is 171 Å². The van der Waals surface area contributed by atoms with Crippen LogP contribution in [0.5, 0.6) is 0 Å². The highest BCUT2D eigenvalue weighted by atomic mass is 79.9. The Balaban J connectivity index is 2.26. The standard InChI is InChI=1S/C15H15BrCl2N2O7/c16-2-1-8-6-20(15(24)19-14(8)23)11-3-9(27-13(22)5-18)10(26-11)7-25-12(21)4-17/h1-2,6,9-11H,3-5,7H2,(H,19,23,24)/b2-1+/t9?,10-,11-/m0/s1. The van der Waals surface area contributed by atoms with Crippen molar-refractivity contribution in [3.05, 3.63) is 37.6 Å². The second-order valence-electron chi connectivity index (χ2n) is 5.39. The summed E-state index contributed by atoms with van der Waals surface area (Å²) in [5, 5.41) is 0. The van der Waals surface area contributed by atoms with Crippen LogP contribution in [0.3, 0.4) is 0 Å². The lowest BCUT2D eigenvalue weighted by Gasteiger charge is -2.18. The molecule has 2 heterocycles. The molecule has 0 bridgehead atoms. The first-order chi connectivity index (χ1) is 12.9. The van der Waals surface area contributed by atoms with Gasteiger partial charge in [-0.05, 0) is 11.1 Å². The summed E-state index contributed by atoms with van der Waals surface area (Å²) < 4.78 is 17.0. The topological polar surface area (TPSA) is 117 Å². The van der Waals surface area contributed by atoms with Crippen LogP contribution in [-0.4, -0.2) is 52.1 Å². The third kappa shape index (κ3) is 5.68. The molecule has 9 nitrogen and oxygen atoms in total. The van der Waals surface area contributed by atoms with Crippen molar-refractivity contribution < 1.29 is 23.8 Å². The van der Waals surface area contributed by atoms with Gasteiger partial charge in [-0.15, -0.1) is 23.2 Å². The van der Waals surface area contributed by atoms with E-state index in [1.807, 2.05) is 0 Å². The average Bonchev–Trinajstić information content (AvgIpc) is 3.04. The monoisotopic (exact) mass is 484 g/mol. The highest BCUT2D eigenvalue weighted by Crippen LogP contribution is 2.30. The fourth-order valence-electron chi connectivity index (χ4n) is 2.46. The maximum absolute atomic E-state index is 12.1. The number of carbonyl (C=O) groups excluding carboxylic acids is 2. The van der Waals surface area contributed by atoms with E-state index in [4.69, 9.17) is 37.4 Å². The second kappa shape index (κ2) is 10.1. The second-order valence-corrected chi connectivity index (χ2v) is 6.45. The number of ether oxygens (including phenoxy) is 3. The van der Waals surface area contributed by atoms with Gasteiger partial charge >= 0.3 is 17.6 Å². The van der Waals surface area contributed by atoms with Crippen molar-refractivity contribution in [2.45, 2.75) is 24.9 Å². The zero-order valence-electron chi connectivity index (χ0n) is 13.7. The predicted octanol–water partition coefficient (Wildman–Crippen LogP) is 1.12. The van der Waals surface area contributed by atoms with Crippen LogP contribution in [0.25, 0.3) is 6.08 Å². The minimum atomic E-state index is -0.857. The molecule has 1 saturated heterocycles. The maximum Gasteiger partial charge on any atom is 0.330 e. The van der Waals surface area contributed by atoms with E-state index in [-0.39, 0.29) is 30.4 Å². The van der Waals surface area contributed by atoms with E-state index in [0.29, 0.717) is 0 Å². The minimum Gasteiger partial charge on any atom is -0.462 e. The maximum atomic E-state index is 12.1. The molecular weight excluding hydrogens is 471 g/mol. The molecule has 148 valence electrons. The van der Waals surface area contributed by atoms with Gasteiger partial charge in [-0.25, -0.2) is 4.79 Å². The number of esters is 2. The molecule has 1 N–H and O–H groups in total. The molecule has 1 aromatic heterocycles. The molecule has 3 atom stereocenters. The molecule has 27 heavy (non-hydrogen) atoms. The van der Waals surface area contributed by atoms with E-state index in [2.05, 4.69) is 20.9 Å². The highest BCUT2D eigenvalue weighted by molar-refractivity contribution is 9.11. The van der Waals surface area contributed by atoms with Crippen LogP contribution < -0.4 is 11.2 Å². The van der Waals surface area contributed by atoms with Crippen molar-refractivity contribution in [3.8, 4) is 0 Å². The van der Waals surface area contributed by atoms with Crippen LogP contribution in [0.1, 0.15) is 18.2 Å². The van der Waals surface area contributed by atoms with Gasteiger partial charge < -0.3 is 14.2 Å². The first-order valence-electron chi connectivity index (χ1n) is 7.64. The van der Waals surface area contributed by atoms with Crippen molar-refractivity contribution in [1.82, 2.24) is 9.55 Å². The Morgan fingerprint density at radius 3 is 2.67 bits per heavy atom. The van der Waals surface area contributed by atoms with Gasteiger partial charge in [0.15, 0.2) is 0 Å². The third-order valence-electron chi connectivity index (χ3n) is 3.64. The van der Waals surface area contributed by atoms with Gasteiger partial charge in [-0.3, -0.25) is 23.9 Å². The van der Waals surface area contributed by atoms with Crippen LogP contribution in [0, 0.1) is 0 Å². The number of alkyl halides is 2. The van der Waals surface area contributed by atoms with Gasteiger partial charge in [0.1, 0.15) is 36.8 Å². The van der Waals surface area contributed by atoms with Crippen molar-refractivity contribution in [2.75, 3.05) is 18.4 Å². The zero-order valence-corrected chi connectivity index (χ0v) is 16.8. The van der Waals surface area contributed by atoms with Crippen LogP contribution in [-0.2, 0) is 23.8 Å². The fraction of sp³-hybridized carbons (Fsp3) is 0.467. The third-order valence-corrected chi connectivity index (χ3v) is 4.34. The van der Waals surface area contributed by atoms with Crippen molar-refractivity contribution in [3.63, 3.8) is 0 Å². The summed E-state index contributed by atoms with van der Waals surface area (Å²) in [5.41, 5.74) is -1.05. The fourth-order valence-corrected chi connectivity index (χ4v) is 2.89. The number of hydrogen-bond donors (Lipinski definition) is 1. The minimum absolute atomic E-state index is 0.0924. The molecule has 0 amide bonds. The molecule has 0 spiro atoms. The first-order valence-corrected chi connectivity index (χ1v) is 9.62. The molecule has 0 radical (unpaired) electrons. The van der Waals surface area contributed by atoms with Crippen LogP contribution in [0.2, 0.25) is 0 Å². The Kier molecular flexibility index (Phi) is 8.08. The molecule has 1 aliphatic heterocycles. The summed E-state index contributed by atoms with van der Waals surface area (Å²) >= 11 is 13.9. The number of nitrogens with zero attached hydrogens (tertiary/aromatic N) is 1. The molecule has 1 aliphatic rings. The SMILES string of the molecule is O=C(CCl)OC[C@@H]1O[C@H](n2cc(/C=C/Br)c(=O)[nH]c2=O)CC1OC(=O)CCl. The van der Waals surface area contributed by atoms with Gasteiger partial charge in [0.25, 0.3) is 5.56 Å². The lowest BCUT2D eigenvalue weighted by Crippen LogP contribution is -2.33. The van der Waals surface area contributed by atoms with Crippen molar-refractivity contribution in [2.24, 2.45) is 0 Å². The lowest BCUT2D eigenvalue weighted by molar-refractivity contribution is -0.155. The number of halogens is 3. The Bertz CT molecular complexity index is 838. The number of carbonyl (C=O) groups is 2. The van der Waals surface area contributed by atoms with E-state index >= 15 is 0 Å². The number of hydrogen-bond acceptors (Lipinski definition) is 7. The van der Waals surface area contributed by atoms with Crippen LogP contribution in [0.15, 0.2) is 20.8 Å². The van der Waals surface area contributed by atoms with Gasteiger partial charge in [-0.2, -0.15) is 0 Å². The Morgan fingerprint density at radius 2 is 2.04 bits per heavy atom. The summed E-state index contributed by atoms with van der Waals surface area (Å²) in [6.45, 7) is -0.228. The Hall–Kier alpha value is -1.62. The molecule has 1 unspecified atom stereocenters. The van der Waals surface area contributed by atoms with Crippen LogP contribution >= 0.6 is 39.1 Å². The normalized spacial score (nSPS) is 22.1. The van der Waals surface area contributed by atoms with Gasteiger partial charge in [0, 0.05) is 12.6 Å². The molecule has 2 rings (SSSR count). The van der Waals surface area contributed by atoms with E-state index in [1.165, 1.54) is 17.3 Å². The van der Waals surface area contributed by atoms with Gasteiger partial charge in [0.05, 0.1) is 5.56 Å². The van der Waals surface area contributed by atoms with Gasteiger partial charge in [-0.1, -0.05) is 15.9 Å². The highest BCUT2D eigenvalue weighted by Gasteiger charge is 2.40. The summed E-state index contributed by atoms with van der Waals surface area (Å²) in [4.78, 5) is 50.4. The lowest BCUT2D eigenvalue weighted by atomic mass is 10.2. The summed E-state index contributed by atoms with van der Waals surface area (Å²) in [7, 11) is 0. The van der Waals surface area contributed by atoms with E-state index in [1.54, 1.807) is 0 Å². The average molecular weight is 486 g/mol. The molecule has 1 aromatic rings. The number of aromatic amines is 1. The molecule has 0 aromatic carbocycles. The number of aromatic nitrogens is 2. The first kappa shape index (κ1) is 21.7. The molecular formula is C15H15BrCl2N2O7. The summed E-state index contributed by atoms with van der Waals surface area (Å²) in [6.07, 6.45) is 0.368. The number of H-pyrrole nitrogens is 1. The summed E-state index contributed by atoms with van der Waals surface area (Å²) in [6, 6.07) is 0. The smallest absolute Gasteiger partial charge is 0.330 e. The predicted molar refractivity (Wildman–Crippen MR) is 100 cm³/mol.